The van der Waals surface area contributed by atoms with E-state index in [1.54, 1.807) is 0 Å². The minimum absolute atomic E-state index is 0.266. The predicted molar refractivity (Wildman–Crippen MR) is 104 cm³/mol. The Kier molecular flexibility index (Phi) is 13.7. The van der Waals surface area contributed by atoms with Crippen LogP contribution in [0, 0.1) is 0 Å². The lowest BCUT2D eigenvalue weighted by Gasteiger charge is -2.34. The lowest BCUT2D eigenvalue weighted by atomic mass is 10.1. The molecular weight excluding hydrogens is 354 g/mol. The van der Waals surface area contributed by atoms with E-state index in [0.717, 1.165) is 25.5 Å². The van der Waals surface area contributed by atoms with Gasteiger partial charge in [0, 0.05) is 18.2 Å². The fourth-order valence-corrected chi connectivity index (χ4v) is 3.49. The smallest absolute Gasteiger partial charge is 0.330 e. The van der Waals surface area contributed by atoms with Gasteiger partial charge in [-0.1, -0.05) is 52.0 Å². The first kappa shape index (κ1) is 25.1. The highest BCUT2D eigenvalue weighted by Gasteiger charge is 2.21. The van der Waals surface area contributed by atoms with Gasteiger partial charge in [0.25, 0.3) is 0 Å². The summed E-state index contributed by atoms with van der Waals surface area (Å²) in [6, 6.07) is 0. The largest absolute Gasteiger partial charge is 0.748 e. The van der Waals surface area contributed by atoms with E-state index in [1.807, 2.05) is 7.05 Å². The van der Waals surface area contributed by atoms with Gasteiger partial charge in [-0.05, 0) is 12.8 Å². The minimum Gasteiger partial charge on any atom is -0.748 e. The summed E-state index contributed by atoms with van der Waals surface area (Å²) >= 11 is 0. The SMILES string of the molecule is C=CC(=O)OCC[N+](C)(CCCCCCCCCC)CCCS(=O)(=O)[O-]. The van der Waals surface area contributed by atoms with Gasteiger partial charge in [-0.25, -0.2) is 13.2 Å². The monoisotopic (exact) mass is 391 g/mol. The average Bonchev–Trinajstić information content (AvgIpc) is 2.56. The molecule has 0 amide bonds. The number of unbranched alkanes of at least 4 members (excludes halogenated alkanes) is 7. The van der Waals surface area contributed by atoms with Crippen molar-refractivity contribution in [1.29, 1.82) is 0 Å². The Balaban J connectivity index is 4.24. The number of quaternary nitrogens is 1. The number of hydrogen-bond donors (Lipinski definition) is 0. The van der Waals surface area contributed by atoms with Gasteiger partial charge in [-0.3, -0.25) is 0 Å². The van der Waals surface area contributed by atoms with Crippen molar-refractivity contribution < 1.29 is 27.0 Å². The summed E-state index contributed by atoms with van der Waals surface area (Å²) in [5.74, 6) is -0.796. The molecule has 0 heterocycles. The van der Waals surface area contributed by atoms with Crippen LogP contribution in [0.2, 0.25) is 0 Å². The molecule has 0 aliphatic rings. The van der Waals surface area contributed by atoms with E-state index in [2.05, 4.69) is 13.5 Å². The van der Waals surface area contributed by atoms with Crippen molar-refractivity contribution in [2.24, 2.45) is 0 Å². The Hall–Kier alpha value is -0.920. The van der Waals surface area contributed by atoms with Crippen molar-refractivity contribution in [3.8, 4) is 0 Å². The van der Waals surface area contributed by atoms with Crippen molar-refractivity contribution in [3.05, 3.63) is 12.7 Å². The third-order valence-corrected chi connectivity index (χ3v) is 5.47. The van der Waals surface area contributed by atoms with Crippen LogP contribution in [0.25, 0.3) is 0 Å². The summed E-state index contributed by atoms with van der Waals surface area (Å²) < 4.78 is 38.1. The van der Waals surface area contributed by atoms with Crippen LogP contribution in [0.3, 0.4) is 0 Å². The Morgan fingerprint density at radius 2 is 1.54 bits per heavy atom. The highest BCUT2D eigenvalue weighted by atomic mass is 32.2. The second kappa shape index (κ2) is 14.2. The normalized spacial score (nSPS) is 14.0. The summed E-state index contributed by atoms with van der Waals surface area (Å²) in [6.07, 6.45) is 11.3. The molecule has 0 aliphatic carbocycles. The van der Waals surface area contributed by atoms with E-state index in [4.69, 9.17) is 4.74 Å². The van der Waals surface area contributed by atoms with Crippen LogP contribution in [0.15, 0.2) is 12.7 Å². The van der Waals surface area contributed by atoms with E-state index in [-0.39, 0.29) is 12.4 Å². The van der Waals surface area contributed by atoms with E-state index in [9.17, 15) is 17.8 Å². The second-order valence-corrected chi connectivity index (χ2v) is 8.78. The van der Waals surface area contributed by atoms with E-state index in [1.165, 1.54) is 38.5 Å². The number of carbonyl (C=O) groups excluding carboxylic acids is 1. The molecule has 0 N–H and O–H groups in total. The minimum atomic E-state index is -4.18. The van der Waals surface area contributed by atoms with Crippen molar-refractivity contribution in [2.75, 3.05) is 39.0 Å². The Bertz CT molecular complexity index is 492. The molecule has 26 heavy (non-hydrogen) atoms. The van der Waals surface area contributed by atoms with Gasteiger partial charge in [0.1, 0.15) is 13.2 Å². The molecule has 0 saturated heterocycles. The fraction of sp³-hybridized carbons (Fsp3) is 0.842. The average molecular weight is 392 g/mol. The summed E-state index contributed by atoms with van der Waals surface area (Å²) in [5.41, 5.74) is 0. The van der Waals surface area contributed by atoms with Gasteiger partial charge in [0.05, 0.1) is 30.3 Å². The van der Waals surface area contributed by atoms with Crippen LogP contribution in [-0.4, -0.2) is 62.5 Å². The summed E-state index contributed by atoms with van der Waals surface area (Å²) in [5, 5.41) is 0. The number of likely N-dealkylation sites (N-methyl/N-ethyl adjacent to an activating group) is 1. The van der Waals surface area contributed by atoms with Gasteiger partial charge >= 0.3 is 5.97 Å². The molecule has 0 aromatic carbocycles. The molecule has 7 heteroatoms. The molecule has 6 nitrogen and oxygen atoms in total. The molecule has 0 rings (SSSR count). The molecule has 0 radical (unpaired) electrons. The Morgan fingerprint density at radius 1 is 1.00 bits per heavy atom. The first-order valence-corrected chi connectivity index (χ1v) is 11.4. The fourth-order valence-electron chi connectivity index (χ4n) is 3.01. The Morgan fingerprint density at radius 3 is 2.08 bits per heavy atom. The molecule has 0 aromatic rings. The third-order valence-electron chi connectivity index (χ3n) is 4.69. The van der Waals surface area contributed by atoms with Crippen LogP contribution in [-0.2, 0) is 19.6 Å². The zero-order chi connectivity index (χ0) is 19.9. The maximum absolute atomic E-state index is 11.2. The van der Waals surface area contributed by atoms with Crippen molar-refractivity contribution in [3.63, 3.8) is 0 Å². The maximum atomic E-state index is 11.2. The van der Waals surface area contributed by atoms with Crippen LogP contribution in [0.5, 0.6) is 0 Å². The van der Waals surface area contributed by atoms with E-state index >= 15 is 0 Å². The molecule has 0 spiro atoms. The molecule has 1 atom stereocenters. The first-order valence-electron chi connectivity index (χ1n) is 9.79. The lowest BCUT2D eigenvalue weighted by Crippen LogP contribution is -2.48. The second-order valence-electron chi connectivity index (χ2n) is 7.25. The van der Waals surface area contributed by atoms with Gasteiger partial charge < -0.3 is 13.8 Å². The lowest BCUT2D eigenvalue weighted by molar-refractivity contribution is -0.909. The van der Waals surface area contributed by atoms with Gasteiger partial charge in [-0.15, -0.1) is 0 Å². The Labute approximate surface area is 159 Å². The third kappa shape index (κ3) is 15.3. The number of rotatable bonds is 17. The predicted octanol–water partition coefficient (Wildman–Crippen LogP) is 3.24. The summed E-state index contributed by atoms with van der Waals surface area (Å²) in [6.45, 7) is 7.93. The highest BCUT2D eigenvalue weighted by molar-refractivity contribution is 7.85. The zero-order valence-corrected chi connectivity index (χ0v) is 17.4. The van der Waals surface area contributed by atoms with Crippen molar-refractivity contribution >= 4 is 16.1 Å². The first-order chi connectivity index (χ1) is 12.2. The number of hydrogen-bond acceptors (Lipinski definition) is 5. The van der Waals surface area contributed by atoms with Gasteiger partial charge in [0.15, 0.2) is 0 Å². The molecule has 154 valence electrons. The summed E-state index contributed by atoms with van der Waals surface area (Å²) in [4.78, 5) is 11.2. The van der Waals surface area contributed by atoms with Crippen LogP contribution < -0.4 is 0 Å². The number of nitrogens with zero attached hydrogens (tertiary/aromatic N) is 1. The molecule has 1 unspecified atom stereocenters. The molecule has 0 bridgehead atoms. The molecule has 0 saturated carbocycles. The standard InChI is InChI=1S/C19H37NO5S/c1-4-6-7-8-9-10-11-12-14-20(3,15-13-18-26(22,23)24)16-17-25-19(21)5-2/h5H,2,4,6-18H2,1,3H3. The maximum Gasteiger partial charge on any atom is 0.330 e. The number of esters is 1. The zero-order valence-electron chi connectivity index (χ0n) is 16.6. The van der Waals surface area contributed by atoms with E-state index < -0.39 is 16.1 Å². The van der Waals surface area contributed by atoms with Crippen LogP contribution in [0.1, 0.15) is 64.7 Å². The quantitative estimate of drug-likeness (QED) is 0.125. The van der Waals surface area contributed by atoms with Gasteiger partial charge in [-0.2, -0.15) is 0 Å². The molecule has 0 aliphatic heterocycles. The topological polar surface area (TPSA) is 83.5 Å². The van der Waals surface area contributed by atoms with Gasteiger partial charge in [0.2, 0.25) is 0 Å². The number of carbonyl (C=O) groups is 1. The van der Waals surface area contributed by atoms with E-state index in [0.29, 0.717) is 24.0 Å². The van der Waals surface area contributed by atoms with Crippen molar-refractivity contribution in [1.82, 2.24) is 0 Å². The highest BCUT2D eigenvalue weighted by Crippen LogP contribution is 2.12. The molecule has 0 aromatic heterocycles. The van der Waals surface area contributed by atoms with Crippen LogP contribution in [0.4, 0.5) is 0 Å². The molecular formula is C19H37NO5S. The van der Waals surface area contributed by atoms with Crippen molar-refractivity contribution in [2.45, 2.75) is 64.7 Å². The van der Waals surface area contributed by atoms with Crippen LogP contribution >= 0.6 is 0 Å². The molecule has 0 fully saturated rings. The summed E-state index contributed by atoms with van der Waals surface area (Å²) in [7, 11) is -2.16. The number of ether oxygens (including phenoxy) is 1.